The van der Waals surface area contributed by atoms with Gasteiger partial charge in [-0.05, 0) is 19.4 Å². The molecule has 24 heavy (non-hydrogen) atoms. The van der Waals surface area contributed by atoms with Gasteiger partial charge in [-0.1, -0.05) is 0 Å². The van der Waals surface area contributed by atoms with E-state index in [-0.39, 0.29) is 17.5 Å². The summed E-state index contributed by atoms with van der Waals surface area (Å²) in [4.78, 5) is 25.7. The van der Waals surface area contributed by atoms with E-state index in [1.54, 1.807) is 11.1 Å². The first-order valence-corrected chi connectivity index (χ1v) is 10.1. The zero-order chi connectivity index (χ0) is 17.2. The fourth-order valence-electron chi connectivity index (χ4n) is 3.31. The van der Waals surface area contributed by atoms with Crippen LogP contribution in [-0.2, 0) is 14.6 Å². The molecule has 0 radical (unpaired) electrons. The van der Waals surface area contributed by atoms with Crippen molar-refractivity contribution in [3.8, 4) is 0 Å². The fraction of sp³-hybridized carbons (Fsp3) is 0.667. The molecule has 0 spiro atoms. The van der Waals surface area contributed by atoms with Crippen LogP contribution < -0.4 is 9.80 Å². The SMILES string of the molecule is CCN(c1ccnc(N2CCN(C=O)CC2)n1)C1CCS(=O)(=O)C1. The van der Waals surface area contributed by atoms with E-state index >= 15 is 0 Å². The molecule has 1 atom stereocenters. The number of sulfone groups is 1. The summed E-state index contributed by atoms with van der Waals surface area (Å²) in [6, 6.07) is 1.81. The highest BCUT2D eigenvalue weighted by atomic mass is 32.2. The van der Waals surface area contributed by atoms with Gasteiger partial charge in [0.15, 0.2) is 9.84 Å². The predicted octanol–water partition coefficient (Wildman–Crippen LogP) is -0.232. The van der Waals surface area contributed by atoms with Crippen molar-refractivity contribution < 1.29 is 13.2 Å². The molecule has 0 aliphatic carbocycles. The highest BCUT2D eigenvalue weighted by Gasteiger charge is 2.32. The molecule has 8 nitrogen and oxygen atoms in total. The normalized spacial score (nSPS) is 23.3. The van der Waals surface area contributed by atoms with Crippen LogP contribution in [0.2, 0.25) is 0 Å². The smallest absolute Gasteiger partial charge is 0.227 e. The molecular weight excluding hydrogens is 330 g/mol. The number of anilines is 2. The van der Waals surface area contributed by atoms with Crippen molar-refractivity contribution in [1.29, 1.82) is 0 Å². The number of rotatable bonds is 5. The number of hydrogen-bond donors (Lipinski definition) is 0. The molecule has 2 aliphatic heterocycles. The first kappa shape index (κ1) is 16.9. The third-order valence-electron chi connectivity index (χ3n) is 4.66. The Bertz CT molecular complexity index is 688. The molecule has 0 N–H and O–H groups in total. The van der Waals surface area contributed by atoms with Gasteiger partial charge in [-0.25, -0.2) is 13.4 Å². The van der Waals surface area contributed by atoms with Crippen molar-refractivity contribution in [2.24, 2.45) is 0 Å². The Kier molecular flexibility index (Phi) is 4.88. The van der Waals surface area contributed by atoms with Crippen molar-refractivity contribution >= 4 is 28.0 Å². The zero-order valence-corrected chi connectivity index (χ0v) is 14.7. The van der Waals surface area contributed by atoms with Crippen LogP contribution in [0.4, 0.5) is 11.8 Å². The molecule has 3 rings (SSSR count). The van der Waals surface area contributed by atoms with Crippen molar-refractivity contribution in [2.75, 3.05) is 54.0 Å². The molecule has 1 aromatic heterocycles. The van der Waals surface area contributed by atoms with Crippen LogP contribution in [0.3, 0.4) is 0 Å². The van der Waals surface area contributed by atoms with Gasteiger partial charge in [0.25, 0.3) is 0 Å². The number of piperazine rings is 1. The second kappa shape index (κ2) is 6.92. The van der Waals surface area contributed by atoms with Crippen molar-refractivity contribution in [3.05, 3.63) is 12.3 Å². The standard InChI is InChI=1S/C15H23N5O3S/c1-2-20(13-4-10-24(22,23)11-13)14-3-5-16-15(17-14)19-8-6-18(12-21)7-9-19/h3,5,12-13H,2,4,6-11H2,1H3. The van der Waals surface area contributed by atoms with Gasteiger partial charge < -0.3 is 14.7 Å². The Balaban J connectivity index is 1.75. The summed E-state index contributed by atoms with van der Waals surface area (Å²) in [6.45, 7) is 5.44. The molecule has 0 bridgehead atoms. The Labute approximate surface area is 142 Å². The lowest BCUT2D eigenvalue weighted by atomic mass is 10.2. The average molecular weight is 353 g/mol. The monoisotopic (exact) mass is 353 g/mol. The first-order valence-electron chi connectivity index (χ1n) is 8.27. The van der Waals surface area contributed by atoms with E-state index < -0.39 is 9.84 Å². The van der Waals surface area contributed by atoms with Gasteiger partial charge in [0.1, 0.15) is 5.82 Å². The maximum Gasteiger partial charge on any atom is 0.227 e. The molecule has 9 heteroatoms. The predicted molar refractivity (Wildman–Crippen MR) is 92.0 cm³/mol. The number of nitrogens with zero attached hydrogens (tertiary/aromatic N) is 5. The summed E-state index contributed by atoms with van der Waals surface area (Å²) in [5.74, 6) is 1.84. The summed E-state index contributed by atoms with van der Waals surface area (Å²) >= 11 is 0. The number of hydrogen-bond acceptors (Lipinski definition) is 7. The lowest BCUT2D eigenvalue weighted by Crippen LogP contribution is -2.46. The Morgan fingerprint density at radius 2 is 2.08 bits per heavy atom. The van der Waals surface area contributed by atoms with Crippen LogP contribution >= 0.6 is 0 Å². The fourth-order valence-corrected chi connectivity index (χ4v) is 5.04. The van der Waals surface area contributed by atoms with E-state index in [1.165, 1.54) is 0 Å². The third kappa shape index (κ3) is 3.61. The molecule has 3 heterocycles. The Hall–Kier alpha value is -1.90. The molecule has 0 saturated carbocycles. The maximum atomic E-state index is 11.8. The van der Waals surface area contributed by atoms with E-state index in [4.69, 9.17) is 0 Å². The summed E-state index contributed by atoms with van der Waals surface area (Å²) in [5, 5.41) is 0. The van der Waals surface area contributed by atoms with Crippen LogP contribution in [0.1, 0.15) is 13.3 Å². The summed E-state index contributed by atoms with van der Waals surface area (Å²) in [5.41, 5.74) is 0. The molecule has 2 aliphatic rings. The summed E-state index contributed by atoms with van der Waals surface area (Å²) < 4.78 is 23.5. The zero-order valence-electron chi connectivity index (χ0n) is 13.8. The van der Waals surface area contributed by atoms with Crippen molar-refractivity contribution in [2.45, 2.75) is 19.4 Å². The van der Waals surface area contributed by atoms with Gasteiger partial charge in [0.2, 0.25) is 12.4 Å². The largest absolute Gasteiger partial charge is 0.353 e. The molecule has 132 valence electrons. The van der Waals surface area contributed by atoms with Crippen LogP contribution in [0.5, 0.6) is 0 Å². The van der Waals surface area contributed by atoms with Crippen LogP contribution in [-0.4, -0.2) is 80.0 Å². The number of amides is 1. The second-order valence-electron chi connectivity index (χ2n) is 6.19. The highest BCUT2D eigenvalue weighted by Crippen LogP contribution is 2.24. The van der Waals surface area contributed by atoms with E-state index in [1.807, 2.05) is 13.0 Å². The van der Waals surface area contributed by atoms with Gasteiger partial charge in [0.05, 0.1) is 11.5 Å². The van der Waals surface area contributed by atoms with Crippen LogP contribution in [0, 0.1) is 0 Å². The minimum Gasteiger partial charge on any atom is -0.353 e. The van der Waals surface area contributed by atoms with E-state index in [9.17, 15) is 13.2 Å². The van der Waals surface area contributed by atoms with E-state index in [2.05, 4.69) is 19.8 Å². The minimum atomic E-state index is -2.93. The molecule has 1 unspecified atom stereocenters. The maximum absolute atomic E-state index is 11.8. The van der Waals surface area contributed by atoms with Crippen LogP contribution in [0.25, 0.3) is 0 Å². The first-order chi connectivity index (χ1) is 11.5. The Morgan fingerprint density at radius 1 is 1.33 bits per heavy atom. The van der Waals surface area contributed by atoms with Gasteiger partial charge in [-0.3, -0.25) is 4.79 Å². The number of aromatic nitrogens is 2. The van der Waals surface area contributed by atoms with Gasteiger partial charge in [-0.2, -0.15) is 4.98 Å². The topological polar surface area (TPSA) is 86.7 Å². The Morgan fingerprint density at radius 3 is 2.67 bits per heavy atom. The summed E-state index contributed by atoms with van der Waals surface area (Å²) in [7, 11) is -2.93. The average Bonchev–Trinajstić information content (AvgIpc) is 2.95. The third-order valence-corrected chi connectivity index (χ3v) is 6.41. The molecule has 1 aromatic rings. The molecule has 2 saturated heterocycles. The lowest BCUT2D eigenvalue weighted by Gasteiger charge is -2.33. The highest BCUT2D eigenvalue weighted by molar-refractivity contribution is 7.91. The van der Waals surface area contributed by atoms with Gasteiger partial charge in [-0.15, -0.1) is 0 Å². The van der Waals surface area contributed by atoms with Gasteiger partial charge in [0, 0.05) is 45.0 Å². The quantitative estimate of drug-likeness (QED) is 0.676. The van der Waals surface area contributed by atoms with Gasteiger partial charge >= 0.3 is 0 Å². The number of carbonyl (C=O) groups is 1. The minimum absolute atomic E-state index is 0.0188. The van der Waals surface area contributed by atoms with Crippen molar-refractivity contribution in [1.82, 2.24) is 14.9 Å². The number of carbonyl (C=O) groups excluding carboxylic acids is 1. The molecular formula is C15H23N5O3S. The molecule has 1 amide bonds. The van der Waals surface area contributed by atoms with Crippen molar-refractivity contribution in [3.63, 3.8) is 0 Å². The molecule has 2 fully saturated rings. The van der Waals surface area contributed by atoms with E-state index in [0.29, 0.717) is 45.1 Å². The molecule has 0 aromatic carbocycles. The van der Waals surface area contributed by atoms with E-state index in [0.717, 1.165) is 12.2 Å². The second-order valence-corrected chi connectivity index (χ2v) is 8.41. The summed E-state index contributed by atoms with van der Waals surface area (Å²) in [6.07, 6.45) is 3.23. The van der Waals surface area contributed by atoms with Crippen LogP contribution in [0.15, 0.2) is 12.3 Å². The lowest BCUT2D eigenvalue weighted by molar-refractivity contribution is -0.118.